The van der Waals surface area contributed by atoms with Gasteiger partial charge in [0.25, 0.3) is 0 Å². The van der Waals surface area contributed by atoms with Gasteiger partial charge in [-0.2, -0.15) is 5.48 Å². The van der Waals surface area contributed by atoms with Crippen LogP contribution in [0.25, 0.3) is 0 Å². The van der Waals surface area contributed by atoms with Gasteiger partial charge < -0.3 is 0 Å². The molecule has 0 aromatic heterocycles. The van der Waals surface area contributed by atoms with E-state index >= 15 is 0 Å². The number of nitrogens with one attached hydrogen (secondary N) is 1. The molecule has 0 amide bonds. The first kappa shape index (κ1) is 4.84. The van der Waals surface area contributed by atoms with Crippen LogP contribution in [0.5, 0.6) is 0 Å². The summed E-state index contributed by atoms with van der Waals surface area (Å²) in [4.78, 5) is 4.25. The van der Waals surface area contributed by atoms with Crippen LogP contribution in [0.4, 0.5) is 0 Å². The first-order valence-electron chi connectivity index (χ1n) is 0.846. The minimum atomic E-state index is 0. The Bertz CT molecular complexity index is 12.8. The van der Waals surface area contributed by atoms with E-state index in [4.69, 9.17) is 0 Å². The van der Waals surface area contributed by atoms with Gasteiger partial charge in [0.1, 0.15) is 6.73 Å². The zero-order valence-corrected chi connectivity index (χ0v) is 7.82. The Morgan fingerprint density at radius 3 is 2.00 bits per heavy atom. The van der Waals surface area contributed by atoms with Crippen molar-refractivity contribution in [2.45, 2.75) is 0 Å². The summed E-state index contributed by atoms with van der Waals surface area (Å²) in [5.74, 6) is 0. The Balaban J connectivity index is 0.0000000900. The Kier molecular flexibility index (Phi) is 2.54. The van der Waals surface area contributed by atoms with Crippen LogP contribution in [0.1, 0.15) is 0 Å². The van der Waals surface area contributed by atoms with Crippen molar-refractivity contribution in [3.05, 3.63) is 0 Å². The van der Waals surface area contributed by atoms with E-state index in [9.17, 15) is 0 Å². The second-order valence-corrected chi connectivity index (χ2v) is 0.433. The molecule has 4 heavy (non-hydrogen) atoms. The van der Waals surface area contributed by atoms with Crippen molar-refractivity contribution in [3.8, 4) is 0 Å². The molecular formula is CH5NOPb. The normalized spacial score (nSPS) is 18.0. The average molecular weight is 254 g/mol. The molecule has 1 rings (SSSR count). The minimum absolute atomic E-state index is 0. The van der Waals surface area contributed by atoms with E-state index in [0.717, 1.165) is 6.73 Å². The molecule has 1 N–H and O–H groups in total. The Morgan fingerprint density at radius 2 is 2.00 bits per heavy atom. The average Bonchev–Trinajstić information content (AvgIpc) is 1.46. The third kappa shape index (κ3) is 2.84. The zero-order chi connectivity index (χ0) is 2.12. The van der Waals surface area contributed by atoms with Crippen LogP contribution >= 0.6 is 0 Å². The standard InChI is InChI=1S/CH3NO.Pb.2H/c1-2-3-1;;;/h2H,1H2;;;. The van der Waals surface area contributed by atoms with Gasteiger partial charge in [-0.1, -0.05) is 0 Å². The predicted molar refractivity (Wildman–Crippen MR) is 17.6 cm³/mol. The zero-order valence-electron chi connectivity index (χ0n) is 2.32. The van der Waals surface area contributed by atoms with E-state index in [-0.39, 0.29) is 27.3 Å². The molecule has 0 atom stereocenters. The topological polar surface area (TPSA) is 34.5 Å². The molecule has 2 nitrogen and oxygen atoms in total. The van der Waals surface area contributed by atoms with Gasteiger partial charge in [-0.3, -0.25) is 4.84 Å². The second-order valence-electron chi connectivity index (χ2n) is 0.433. The van der Waals surface area contributed by atoms with Gasteiger partial charge in [-0.25, -0.2) is 0 Å². The molecule has 0 spiro atoms. The van der Waals surface area contributed by atoms with E-state index in [1.165, 1.54) is 0 Å². The van der Waals surface area contributed by atoms with E-state index in [1.54, 1.807) is 0 Å². The van der Waals surface area contributed by atoms with Crippen molar-refractivity contribution in [2.24, 2.45) is 0 Å². The third-order valence-corrected chi connectivity index (χ3v) is 0.144. The molecule has 1 aliphatic heterocycles. The number of hydrogen-bond acceptors (Lipinski definition) is 2. The quantitative estimate of drug-likeness (QED) is 0.424. The van der Waals surface area contributed by atoms with Crippen LogP contribution in [0.15, 0.2) is 0 Å². The summed E-state index contributed by atoms with van der Waals surface area (Å²) in [5, 5.41) is 0. The van der Waals surface area contributed by atoms with Gasteiger partial charge in [0, 0.05) is 0 Å². The van der Waals surface area contributed by atoms with Gasteiger partial charge in [-0.15, -0.1) is 0 Å². The molecule has 0 aliphatic carbocycles. The summed E-state index contributed by atoms with van der Waals surface area (Å²) in [6.45, 7) is 0.750. The van der Waals surface area contributed by atoms with Gasteiger partial charge in [0.05, 0.1) is 0 Å². The molecule has 3 heteroatoms. The second kappa shape index (κ2) is 2.10. The van der Waals surface area contributed by atoms with Crippen molar-refractivity contribution in [3.63, 3.8) is 0 Å². The Labute approximate surface area is 44.6 Å². The van der Waals surface area contributed by atoms with Gasteiger partial charge in [0.2, 0.25) is 0 Å². The van der Waals surface area contributed by atoms with Crippen molar-refractivity contribution in [1.29, 1.82) is 0 Å². The number of hydroxylamine groups is 1. The molecule has 1 fully saturated rings. The molecule has 0 aromatic carbocycles. The summed E-state index contributed by atoms with van der Waals surface area (Å²) in [7, 11) is 0. The van der Waals surface area contributed by atoms with Crippen LogP contribution in [0, 0.1) is 0 Å². The van der Waals surface area contributed by atoms with Gasteiger partial charge in [0.15, 0.2) is 0 Å². The van der Waals surface area contributed by atoms with E-state index in [2.05, 4.69) is 10.3 Å². The predicted octanol–water partition coefficient (Wildman–Crippen LogP) is -1.44. The van der Waals surface area contributed by atoms with Crippen LogP contribution in [-0.4, -0.2) is 34.0 Å². The van der Waals surface area contributed by atoms with Crippen LogP contribution in [0.2, 0.25) is 0 Å². The van der Waals surface area contributed by atoms with Crippen LogP contribution < -0.4 is 5.48 Å². The molecular weight excluding hydrogens is 249 g/mol. The molecule has 24 valence electrons. The maximum atomic E-state index is 4.25. The molecule has 1 heterocycles. The first-order valence-corrected chi connectivity index (χ1v) is 0.846. The first-order chi connectivity index (χ1) is 1.50. The summed E-state index contributed by atoms with van der Waals surface area (Å²) in [6.07, 6.45) is 0. The van der Waals surface area contributed by atoms with E-state index in [0.29, 0.717) is 0 Å². The maximum absolute atomic E-state index is 4.25. The molecule has 0 bridgehead atoms. The van der Waals surface area contributed by atoms with Crippen molar-refractivity contribution >= 4 is 27.3 Å². The fraction of sp³-hybridized carbons (Fsp3) is 1.00. The fourth-order valence-electron chi connectivity index (χ4n) is 0. The van der Waals surface area contributed by atoms with Crippen molar-refractivity contribution < 1.29 is 4.84 Å². The van der Waals surface area contributed by atoms with Crippen LogP contribution in [-0.2, 0) is 4.84 Å². The Morgan fingerprint density at radius 1 is 1.75 bits per heavy atom. The molecule has 1 saturated heterocycles. The SMILES string of the molecule is C1NO1.[PbH2]. The van der Waals surface area contributed by atoms with Crippen LogP contribution in [0.3, 0.4) is 0 Å². The monoisotopic (exact) mass is 255 g/mol. The fourth-order valence-corrected chi connectivity index (χ4v) is 0. The van der Waals surface area contributed by atoms with E-state index in [1.807, 2.05) is 0 Å². The summed E-state index contributed by atoms with van der Waals surface area (Å²) < 4.78 is 0. The summed E-state index contributed by atoms with van der Waals surface area (Å²) in [5.41, 5.74) is 2.50. The van der Waals surface area contributed by atoms with E-state index < -0.39 is 0 Å². The molecule has 0 unspecified atom stereocenters. The van der Waals surface area contributed by atoms with Crippen molar-refractivity contribution in [1.82, 2.24) is 5.48 Å². The molecule has 1 aliphatic rings. The van der Waals surface area contributed by atoms with Crippen molar-refractivity contribution in [2.75, 3.05) is 6.73 Å². The molecule has 0 aromatic rings. The Hall–Kier alpha value is 0.842. The molecule has 2 radical (unpaired) electrons. The molecule has 0 saturated carbocycles. The summed E-state index contributed by atoms with van der Waals surface area (Å²) >= 11 is 0. The summed E-state index contributed by atoms with van der Waals surface area (Å²) in [6, 6.07) is 0. The van der Waals surface area contributed by atoms with Gasteiger partial charge in [-0.05, 0) is 0 Å². The number of hydrogen-bond donors (Lipinski definition) is 1. The number of rotatable bonds is 0. The van der Waals surface area contributed by atoms with Gasteiger partial charge >= 0.3 is 27.3 Å². The third-order valence-electron chi connectivity index (χ3n) is 0.144.